The molecule has 2 aliphatic rings. The minimum absolute atomic E-state index is 0.0657. The fourth-order valence-corrected chi connectivity index (χ4v) is 3.58. The quantitative estimate of drug-likeness (QED) is 0.882. The highest BCUT2D eigenvalue weighted by Gasteiger charge is 2.42. The summed E-state index contributed by atoms with van der Waals surface area (Å²) in [5.41, 5.74) is 2.07. The number of aromatic amines is 1. The van der Waals surface area contributed by atoms with E-state index in [-0.39, 0.29) is 11.7 Å². The van der Waals surface area contributed by atoms with Crippen LogP contribution in [0.3, 0.4) is 0 Å². The van der Waals surface area contributed by atoms with Crippen molar-refractivity contribution in [2.75, 3.05) is 19.7 Å². The number of H-pyrrole nitrogens is 1. The van der Waals surface area contributed by atoms with Gasteiger partial charge in [0.2, 0.25) is 0 Å². The van der Waals surface area contributed by atoms with Crippen LogP contribution in [0, 0.1) is 0 Å². The standard InChI is InChI=1S/C16H21N3O2/c20-12-9-16(21-11-12)5-7-19(8-6-16)10-15-17-13-3-1-2-4-14(13)18-15/h1-4,12,20H,5-11H2,(H,17,18)/t12-/m0/s1. The van der Waals surface area contributed by atoms with Gasteiger partial charge in [0.1, 0.15) is 5.82 Å². The van der Waals surface area contributed by atoms with Crippen LogP contribution in [0.25, 0.3) is 11.0 Å². The van der Waals surface area contributed by atoms with Gasteiger partial charge in [0.15, 0.2) is 0 Å². The molecule has 2 saturated heterocycles. The molecule has 1 aromatic heterocycles. The number of fused-ring (bicyclic) bond motifs is 1. The Bertz CT molecular complexity index is 598. The lowest BCUT2D eigenvalue weighted by Gasteiger charge is -2.38. The predicted molar refractivity (Wildman–Crippen MR) is 79.9 cm³/mol. The molecule has 1 spiro atoms. The third-order valence-corrected chi connectivity index (χ3v) is 4.77. The van der Waals surface area contributed by atoms with E-state index in [1.165, 1.54) is 0 Å². The average molecular weight is 287 g/mol. The second-order valence-corrected chi connectivity index (χ2v) is 6.33. The Morgan fingerprint density at radius 2 is 2.14 bits per heavy atom. The van der Waals surface area contributed by atoms with Crippen LogP contribution in [0.1, 0.15) is 25.1 Å². The minimum Gasteiger partial charge on any atom is -0.391 e. The van der Waals surface area contributed by atoms with Crippen molar-refractivity contribution in [3.8, 4) is 0 Å². The van der Waals surface area contributed by atoms with Gasteiger partial charge in [0.25, 0.3) is 0 Å². The molecule has 2 aliphatic heterocycles. The molecular formula is C16H21N3O2. The van der Waals surface area contributed by atoms with Gasteiger partial charge in [-0.2, -0.15) is 0 Å². The molecule has 2 aromatic rings. The molecule has 2 N–H and O–H groups in total. The number of aromatic nitrogens is 2. The highest BCUT2D eigenvalue weighted by Crippen LogP contribution is 2.36. The summed E-state index contributed by atoms with van der Waals surface area (Å²) in [6.45, 7) is 3.37. The highest BCUT2D eigenvalue weighted by molar-refractivity contribution is 5.74. The summed E-state index contributed by atoms with van der Waals surface area (Å²) < 4.78 is 5.84. The molecule has 0 radical (unpaired) electrons. The monoisotopic (exact) mass is 287 g/mol. The number of imidazole rings is 1. The number of rotatable bonds is 2. The Kier molecular flexibility index (Phi) is 3.21. The number of nitrogens with zero attached hydrogens (tertiary/aromatic N) is 2. The van der Waals surface area contributed by atoms with Crippen molar-refractivity contribution in [3.05, 3.63) is 30.1 Å². The Morgan fingerprint density at radius 1 is 1.33 bits per heavy atom. The number of benzene rings is 1. The number of aliphatic hydroxyl groups is 1. The molecule has 112 valence electrons. The van der Waals surface area contributed by atoms with Crippen LogP contribution in [0.2, 0.25) is 0 Å². The first-order valence-electron chi connectivity index (χ1n) is 7.70. The van der Waals surface area contributed by atoms with Crippen molar-refractivity contribution < 1.29 is 9.84 Å². The first kappa shape index (κ1) is 13.2. The summed E-state index contributed by atoms with van der Waals surface area (Å²) in [6.07, 6.45) is 2.53. The Morgan fingerprint density at radius 3 is 2.86 bits per heavy atom. The van der Waals surface area contributed by atoms with E-state index in [1.54, 1.807) is 0 Å². The van der Waals surface area contributed by atoms with E-state index in [2.05, 4.69) is 20.9 Å². The van der Waals surface area contributed by atoms with E-state index in [4.69, 9.17) is 4.74 Å². The van der Waals surface area contributed by atoms with Gasteiger partial charge in [0, 0.05) is 19.5 Å². The zero-order valence-corrected chi connectivity index (χ0v) is 12.1. The fraction of sp³-hybridized carbons (Fsp3) is 0.562. The summed E-state index contributed by atoms with van der Waals surface area (Å²) in [7, 11) is 0. The normalized spacial score (nSPS) is 25.9. The first-order chi connectivity index (χ1) is 10.2. The molecule has 5 nitrogen and oxygen atoms in total. The van der Waals surface area contributed by atoms with Crippen LogP contribution >= 0.6 is 0 Å². The molecule has 1 aromatic carbocycles. The first-order valence-corrected chi connectivity index (χ1v) is 7.70. The minimum atomic E-state index is -0.271. The van der Waals surface area contributed by atoms with Crippen LogP contribution in [0.15, 0.2) is 24.3 Å². The van der Waals surface area contributed by atoms with Crippen molar-refractivity contribution in [1.82, 2.24) is 14.9 Å². The molecule has 3 heterocycles. The number of piperidine rings is 1. The second kappa shape index (κ2) is 5.09. The van der Waals surface area contributed by atoms with Crippen molar-refractivity contribution in [3.63, 3.8) is 0 Å². The maximum Gasteiger partial charge on any atom is 0.121 e. The fourth-order valence-electron chi connectivity index (χ4n) is 3.58. The molecule has 0 amide bonds. The lowest BCUT2D eigenvalue weighted by Crippen LogP contribution is -2.44. The number of ether oxygens (including phenoxy) is 1. The van der Waals surface area contributed by atoms with Crippen LogP contribution in [0.5, 0.6) is 0 Å². The lowest BCUT2D eigenvalue weighted by molar-refractivity contribution is -0.0459. The third kappa shape index (κ3) is 2.57. The number of nitrogens with one attached hydrogen (secondary N) is 1. The number of hydrogen-bond acceptors (Lipinski definition) is 4. The average Bonchev–Trinajstić information content (AvgIpc) is 3.05. The number of para-hydroxylation sites is 2. The Hall–Kier alpha value is -1.43. The maximum atomic E-state index is 9.67. The molecule has 1 atom stereocenters. The van der Waals surface area contributed by atoms with E-state index in [0.717, 1.165) is 55.8 Å². The zero-order valence-electron chi connectivity index (χ0n) is 12.1. The Balaban J connectivity index is 1.40. The van der Waals surface area contributed by atoms with E-state index < -0.39 is 0 Å². The van der Waals surface area contributed by atoms with Crippen molar-refractivity contribution in [2.45, 2.75) is 37.5 Å². The van der Waals surface area contributed by atoms with E-state index in [1.807, 2.05) is 18.2 Å². The summed E-state index contributed by atoms with van der Waals surface area (Å²) in [4.78, 5) is 10.4. The molecule has 2 fully saturated rings. The molecule has 0 saturated carbocycles. The van der Waals surface area contributed by atoms with Gasteiger partial charge >= 0.3 is 0 Å². The van der Waals surface area contributed by atoms with E-state index in [0.29, 0.717) is 6.61 Å². The lowest BCUT2D eigenvalue weighted by atomic mass is 9.88. The van der Waals surface area contributed by atoms with Crippen LogP contribution in [-0.2, 0) is 11.3 Å². The van der Waals surface area contributed by atoms with Crippen LogP contribution < -0.4 is 0 Å². The van der Waals surface area contributed by atoms with Crippen molar-refractivity contribution in [2.24, 2.45) is 0 Å². The predicted octanol–water partition coefficient (Wildman–Crippen LogP) is 1.68. The largest absolute Gasteiger partial charge is 0.391 e. The third-order valence-electron chi connectivity index (χ3n) is 4.77. The number of likely N-dealkylation sites (tertiary alicyclic amines) is 1. The van der Waals surface area contributed by atoms with E-state index in [9.17, 15) is 5.11 Å². The molecule has 21 heavy (non-hydrogen) atoms. The van der Waals surface area contributed by atoms with Gasteiger partial charge in [-0.1, -0.05) is 12.1 Å². The van der Waals surface area contributed by atoms with Crippen LogP contribution in [0.4, 0.5) is 0 Å². The van der Waals surface area contributed by atoms with Crippen molar-refractivity contribution in [1.29, 1.82) is 0 Å². The summed E-state index contributed by atoms with van der Waals surface area (Å²) >= 11 is 0. The van der Waals surface area contributed by atoms with Crippen molar-refractivity contribution >= 4 is 11.0 Å². The Labute approximate surface area is 123 Å². The summed E-state index contributed by atoms with van der Waals surface area (Å²) in [5, 5.41) is 9.67. The second-order valence-electron chi connectivity index (χ2n) is 6.33. The molecule has 0 unspecified atom stereocenters. The smallest absolute Gasteiger partial charge is 0.121 e. The number of hydrogen-bond donors (Lipinski definition) is 2. The maximum absolute atomic E-state index is 9.67. The topological polar surface area (TPSA) is 61.4 Å². The SMILES string of the molecule is O[C@@H]1COC2(CCN(Cc3nc4ccccc4[nH]3)CC2)C1. The molecule has 4 rings (SSSR count). The molecule has 0 bridgehead atoms. The van der Waals surface area contributed by atoms with Crippen LogP contribution in [-0.4, -0.2) is 51.4 Å². The number of aliphatic hydroxyl groups excluding tert-OH is 1. The van der Waals surface area contributed by atoms with Gasteiger partial charge in [-0.05, 0) is 25.0 Å². The van der Waals surface area contributed by atoms with Gasteiger partial charge < -0.3 is 14.8 Å². The summed E-state index contributed by atoms with van der Waals surface area (Å²) in [5.74, 6) is 1.03. The van der Waals surface area contributed by atoms with Gasteiger partial charge in [0.05, 0.1) is 35.9 Å². The summed E-state index contributed by atoms with van der Waals surface area (Å²) in [6, 6.07) is 8.14. The molecular weight excluding hydrogens is 266 g/mol. The van der Waals surface area contributed by atoms with E-state index >= 15 is 0 Å². The van der Waals surface area contributed by atoms with Gasteiger partial charge in [-0.15, -0.1) is 0 Å². The highest BCUT2D eigenvalue weighted by atomic mass is 16.5. The van der Waals surface area contributed by atoms with Gasteiger partial charge in [-0.3, -0.25) is 4.90 Å². The zero-order chi connectivity index (χ0) is 14.3. The molecule has 0 aliphatic carbocycles. The van der Waals surface area contributed by atoms with Gasteiger partial charge in [-0.25, -0.2) is 4.98 Å². The molecule has 5 heteroatoms.